The predicted octanol–water partition coefficient (Wildman–Crippen LogP) is 4.56. The van der Waals surface area contributed by atoms with E-state index in [1.54, 1.807) is 12.3 Å². The Labute approximate surface area is 131 Å². The second kappa shape index (κ2) is 5.66. The van der Waals surface area contributed by atoms with Crippen molar-refractivity contribution in [3.63, 3.8) is 0 Å². The first-order valence-electron chi connectivity index (χ1n) is 6.56. The number of carbonyl (C=O) groups is 1. The summed E-state index contributed by atoms with van der Waals surface area (Å²) < 4.78 is 0.992. The van der Waals surface area contributed by atoms with Crippen molar-refractivity contribution < 1.29 is 4.79 Å². The van der Waals surface area contributed by atoms with E-state index in [1.807, 2.05) is 49.4 Å². The lowest BCUT2D eigenvalue weighted by Crippen LogP contribution is -2.12. The van der Waals surface area contributed by atoms with Gasteiger partial charge in [0, 0.05) is 21.6 Å². The van der Waals surface area contributed by atoms with Gasteiger partial charge in [-0.1, -0.05) is 34.1 Å². The Kier molecular flexibility index (Phi) is 3.71. The van der Waals surface area contributed by atoms with Crippen LogP contribution in [0.1, 0.15) is 15.9 Å². The largest absolute Gasteiger partial charge is 0.320 e. The summed E-state index contributed by atoms with van der Waals surface area (Å²) in [5, 5.41) is 3.93. The molecule has 0 saturated heterocycles. The molecule has 3 aromatic rings. The minimum Gasteiger partial charge on any atom is -0.320 e. The highest BCUT2D eigenvalue weighted by Gasteiger charge is 2.09. The first-order valence-corrected chi connectivity index (χ1v) is 7.36. The maximum absolute atomic E-state index is 12.4. The van der Waals surface area contributed by atoms with E-state index in [-0.39, 0.29) is 5.91 Å². The fraction of sp³-hybridized carbons (Fsp3) is 0.0588. The van der Waals surface area contributed by atoms with Gasteiger partial charge in [-0.25, -0.2) is 0 Å². The molecule has 2 aromatic carbocycles. The Balaban J connectivity index is 1.94. The molecule has 0 aliphatic carbocycles. The van der Waals surface area contributed by atoms with Crippen LogP contribution in [0.4, 0.5) is 5.69 Å². The van der Waals surface area contributed by atoms with Crippen molar-refractivity contribution in [1.82, 2.24) is 4.98 Å². The van der Waals surface area contributed by atoms with E-state index in [0.717, 1.165) is 26.6 Å². The van der Waals surface area contributed by atoms with Crippen molar-refractivity contribution in [3.05, 3.63) is 70.3 Å². The molecule has 1 amide bonds. The number of para-hydroxylation sites is 1. The lowest BCUT2D eigenvalue weighted by Gasteiger charge is -2.09. The van der Waals surface area contributed by atoms with Crippen LogP contribution in [0.15, 0.2) is 59.2 Å². The van der Waals surface area contributed by atoms with Crippen LogP contribution < -0.4 is 5.32 Å². The van der Waals surface area contributed by atoms with Gasteiger partial charge in [-0.15, -0.1) is 0 Å². The summed E-state index contributed by atoms with van der Waals surface area (Å²) in [7, 11) is 0. The molecular formula is C17H13BrN2O. The topological polar surface area (TPSA) is 42.0 Å². The molecule has 1 N–H and O–H groups in total. The zero-order valence-electron chi connectivity index (χ0n) is 11.4. The minimum atomic E-state index is -0.135. The van der Waals surface area contributed by atoms with E-state index in [0.29, 0.717) is 5.56 Å². The molecule has 0 bridgehead atoms. The molecule has 0 aliphatic heterocycles. The second-order valence-electron chi connectivity index (χ2n) is 4.80. The van der Waals surface area contributed by atoms with Crippen molar-refractivity contribution in [1.29, 1.82) is 0 Å². The molecule has 1 aromatic heterocycles. The van der Waals surface area contributed by atoms with Gasteiger partial charge < -0.3 is 5.32 Å². The van der Waals surface area contributed by atoms with Gasteiger partial charge in [-0.3, -0.25) is 9.78 Å². The van der Waals surface area contributed by atoms with Crippen LogP contribution in [0.3, 0.4) is 0 Å². The van der Waals surface area contributed by atoms with E-state index in [2.05, 4.69) is 26.2 Å². The number of pyridine rings is 1. The number of hydrogen-bond acceptors (Lipinski definition) is 2. The SMILES string of the molecule is Cc1cc(C(=O)Nc2cccc3cccnc23)ccc1Br. The maximum Gasteiger partial charge on any atom is 0.255 e. The Bertz CT molecular complexity index is 825. The molecule has 0 spiro atoms. The number of nitrogens with one attached hydrogen (secondary N) is 1. The number of halogens is 1. The molecule has 0 aliphatic rings. The number of anilines is 1. The summed E-state index contributed by atoms with van der Waals surface area (Å²) in [5.74, 6) is -0.135. The Hall–Kier alpha value is -2.20. The molecule has 0 unspecified atom stereocenters. The molecule has 4 heteroatoms. The van der Waals surface area contributed by atoms with Gasteiger partial charge in [0.1, 0.15) is 0 Å². The van der Waals surface area contributed by atoms with Gasteiger partial charge in [0.05, 0.1) is 11.2 Å². The molecule has 0 saturated carbocycles. The van der Waals surface area contributed by atoms with Crippen LogP contribution in [0.2, 0.25) is 0 Å². The van der Waals surface area contributed by atoms with Gasteiger partial charge in [-0.2, -0.15) is 0 Å². The third-order valence-electron chi connectivity index (χ3n) is 3.30. The summed E-state index contributed by atoms with van der Waals surface area (Å²) in [6.07, 6.45) is 1.72. The summed E-state index contributed by atoms with van der Waals surface area (Å²) in [6.45, 7) is 1.96. The van der Waals surface area contributed by atoms with Gasteiger partial charge in [0.2, 0.25) is 0 Å². The first kappa shape index (κ1) is 13.8. The van der Waals surface area contributed by atoms with Gasteiger partial charge in [-0.05, 0) is 42.8 Å². The van der Waals surface area contributed by atoms with Crippen molar-refractivity contribution in [2.45, 2.75) is 6.92 Å². The molecule has 0 radical (unpaired) electrons. The first-order chi connectivity index (χ1) is 10.1. The monoisotopic (exact) mass is 340 g/mol. The summed E-state index contributed by atoms with van der Waals surface area (Å²) >= 11 is 3.44. The number of carbonyl (C=O) groups excluding carboxylic acids is 1. The van der Waals surface area contributed by atoms with E-state index < -0.39 is 0 Å². The van der Waals surface area contributed by atoms with Crippen molar-refractivity contribution >= 4 is 38.4 Å². The third-order valence-corrected chi connectivity index (χ3v) is 4.19. The van der Waals surface area contributed by atoms with Crippen molar-refractivity contribution in [3.8, 4) is 0 Å². The smallest absolute Gasteiger partial charge is 0.255 e. The predicted molar refractivity (Wildman–Crippen MR) is 88.6 cm³/mol. The molecular weight excluding hydrogens is 328 g/mol. The van der Waals surface area contributed by atoms with Gasteiger partial charge >= 0.3 is 0 Å². The number of rotatable bonds is 2. The summed E-state index contributed by atoms with van der Waals surface area (Å²) in [4.78, 5) is 16.7. The highest BCUT2D eigenvalue weighted by Crippen LogP contribution is 2.22. The number of amides is 1. The second-order valence-corrected chi connectivity index (χ2v) is 5.65. The summed E-state index contributed by atoms with van der Waals surface area (Å²) in [5.41, 5.74) is 3.17. The number of nitrogens with zero attached hydrogens (tertiary/aromatic N) is 1. The lowest BCUT2D eigenvalue weighted by molar-refractivity contribution is 0.102. The number of hydrogen-bond donors (Lipinski definition) is 1. The van der Waals surface area contributed by atoms with Crippen LogP contribution in [-0.2, 0) is 0 Å². The average molecular weight is 341 g/mol. The standard InChI is InChI=1S/C17H13BrN2O/c1-11-10-13(7-8-14(11)18)17(21)20-15-6-2-4-12-5-3-9-19-16(12)15/h2-10H,1H3,(H,20,21). The zero-order valence-corrected chi connectivity index (χ0v) is 13.0. The van der Waals surface area contributed by atoms with E-state index in [9.17, 15) is 4.79 Å². The van der Waals surface area contributed by atoms with Crippen LogP contribution in [0.5, 0.6) is 0 Å². The Morgan fingerprint density at radius 3 is 2.76 bits per heavy atom. The number of fused-ring (bicyclic) bond motifs is 1. The van der Waals surface area contributed by atoms with Crippen LogP contribution in [0.25, 0.3) is 10.9 Å². The molecule has 3 nitrogen and oxygen atoms in total. The fourth-order valence-electron chi connectivity index (χ4n) is 2.19. The number of aryl methyl sites for hydroxylation is 1. The van der Waals surface area contributed by atoms with E-state index >= 15 is 0 Å². The Morgan fingerprint density at radius 1 is 1.14 bits per heavy atom. The molecule has 21 heavy (non-hydrogen) atoms. The van der Waals surface area contributed by atoms with Crippen LogP contribution in [0, 0.1) is 6.92 Å². The summed E-state index contributed by atoms with van der Waals surface area (Å²) in [6, 6.07) is 15.1. The highest BCUT2D eigenvalue weighted by atomic mass is 79.9. The van der Waals surface area contributed by atoms with Crippen molar-refractivity contribution in [2.24, 2.45) is 0 Å². The van der Waals surface area contributed by atoms with Crippen molar-refractivity contribution in [2.75, 3.05) is 5.32 Å². The van der Waals surface area contributed by atoms with Gasteiger partial charge in [0.25, 0.3) is 5.91 Å². The Morgan fingerprint density at radius 2 is 1.95 bits per heavy atom. The number of aromatic nitrogens is 1. The molecule has 104 valence electrons. The maximum atomic E-state index is 12.4. The average Bonchev–Trinajstić information content (AvgIpc) is 2.50. The number of benzene rings is 2. The molecule has 0 atom stereocenters. The lowest BCUT2D eigenvalue weighted by atomic mass is 10.1. The quantitative estimate of drug-likeness (QED) is 0.743. The molecule has 3 rings (SSSR count). The third kappa shape index (κ3) is 2.81. The van der Waals surface area contributed by atoms with E-state index in [4.69, 9.17) is 0 Å². The zero-order chi connectivity index (χ0) is 14.8. The van der Waals surface area contributed by atoms with E-state index in [1.165, 1.54) is 0 Å². The molecule has 1 heterocycles. The van der Waals surface area contributed by atoms with Crippen LogP contribution in [-0.4, -0.2) is 10.9 Å². The fourth-order valence-corrected chi connectivity index (χ4v) is 2.43. The van der Waals surface area contributed by atoms with Crippen LogP contribution >= 0.6 is 15.9 Å². The highest BCUT2D eigenvalue weighted by molar-refractivity contribution is 9.10. The normalized spacial score (nSPS) is 10.6. The van der Waals surface area contributed by atoms with Gasteiger partial charge in [0.15, 0.2) is 0 Å². The molecule has 0 fully saturated rings. The minimum absolute atomic E-state index is 0.135.